The molecule has 0 aliphatic rings. The molecule has 1 amide bonds. The van der Waals surface area contributed by atoms with Crippen LogP contribution in [0.2, 0.25) is 0 Å². The molecule has 0 aliphatic heterocycles. The van der Waals surface area contributed by atoms with Crippen molar-refractivity contribution in [2.45, 2.75) is 13.8 Å². The highest BCUT2D eigenvalue weighted by Crippen LogP contribution is 2.24. The molecule has 0 unspecified atom stereocenters. The molecule has 0 heterocycles. The second-order valence-corrected chi connectivity index (χ2v) is 8.66. The van der Waals surface area contributed by atoms with Gasteiger partial charge in [-0.15, -0.1) is 0 Å². The summed E-state index contributed by atoms with van der Waals surface area (Å²) in [7, 11) is -3.62. The molecule has 0 aliphatic carbocycles. The summed E-state index contributed by atoms with van der Waals surface area (Å²) in [5, 5.41) is 3.88. The fourth-order valence-corrected chi connectivity index (χ4v) is 3.64. The maximum Gasteiger partial charge on any atom is 0.260 e. The fraction of sp³-hybridized carbons (Fsp3) is 0.222. The Labute approximate surface area is 162 Å². The van der Waals surface area contributed by atoms with Crippen LogP contribution in [0, 0.1) is 13.8 Å². The molecule has 2 aromatic rings. The number of hydrogen-bond acceptors (Lipinski definition) is 4. The molecule has 138 valence electrons. The zero-order valence-corrected chi connectivity index (χ0v) is 17.1. The van der Waals surface area contributed by atoms with E-state index in [9.17, 15) is 13.2 Å². The number of hydrogen-bond donors (Lipinski definition) is 1. The molecule has 6 nitrogen and oxygen atoms in total. The Kier molecular flexibility index (Phi) is 6.55. The summed E-state index contributed by atoms with van der Waals surface area (Å²) in [5.41, 5.74) is 5.41. The van der Waals surface area contributed by atoms with Gasteiger partial charge in [0.05, 0.1) is 18.2 Å². The summed E-state index contributed by atoms with van der Waals surface area (Å²) in [6.07, 6.45) is 2.57. The number of benzene rings is 2. The Hall–Kier alpha value is -2.19. The zero-order valence-electron chi connectivity index (χ0n) is 14.7. The molecule has 2 aromatic carbocycles. The number of anilines is 1. The van der Waals surface area contributed by atoms with E-state index in [2.05, 4.69) is 26.5 Å². The second kappa shape index (κ2) is 8.46. The third-order valence-corrected chi connectivity index (χ3v) is 5.40. The molecule has 2 rings (SSSR count). The number of rotatable bonds is 6. The van der Waals surface area contributed by atoms with Crippen molar-refractivity contribution in [3.8, 4) is 0 Å². The molecule has 0 spiro atoms. The molecule has 0 radical (unpaired) electrons. The van der Waals surface area contributed by atoms with Crippen LogP contribution in [0.1, 0.15) is 16.7 Å². The summed E-state index contributed by atoms with van der Waals surface area (Å²) in [6, 6.07) is 12.7. The molecule has 0 saturated heterocycles. The molecule has 8 heteroatoms. The minimum atomic E-state index is -3.62. The second-order valence-electron chi connectivity index (χ2n) is 5.84. The standard InChI is InChI=1S/C18H20BrN3O3S/c1-13-6-4-9-17(14(13)2)22(26(3,24)25)12-18(23)21-20-11-15-7-5-8-16(19)10-15/h4-11H,12H2,1-3H3,(H,21,23). The van der Waals surface area contributed by atoms with Crippen LogP contribution in [-0.4, -0.2) is 33.3 Å². The summed E-state index contributed by atoms with van der Waals surface area (Å²) in [5.74, 6) is -0.525. The van der Waals surface area contributed by atoms with Crippen LogP contribution in [0.15, 0.2) is 52.0 Å². The van der Waals surface area contributed by atoms with Gasteiger partial charge in [-0.2, -0.15) is 5.10 Å². The van der Waals surface area contributed by atoms with E-state index in [4.69, 9.17) is 0 Å². The van der Waals surface area contributed by atoms with Gasteiger partial charge in [-0.05, 0) is 48.7 Å². The average Bonchev–Trinajstić information content (AvgIpc) is 2.55. The Morgan fingerprint density at radius 2 is 1.92 bits per heavy atom. The molecule has 0 bridgehead atoms. The number of carbonyl (C=O) groups excluding carboxylic acids is 1. The summed E-state index contributed by atoms with van der Waals surface area (Å²) in [4.78, 5) is 12.2. The van der Waals surface area contributed by atoms with Crippen molar-refractivity contribution in [3.63, 3.8) is 0 Å². The van der Waals surface area contributed by atoms with Gasteiger partial charge in [0, 0.05) is 4.47 Å². The van der Waals surface area contributed by atoms with Crippen molar-refractivity contribution < 1.29 is 13.2 Å². The van der Waals surface area contributed by atoms with Crippen molar-refractivity contribution >= 4 is 43.8 Å². The highest BCUT2D eigenvalue weighted by molar-refractivity contribution is 9.10. The Balaban J connectivity index is 2.14. The first-order chi connectivity index (χ1) is 12.2. The molecular formula is C18H20BrN3O3S. The molecule has 0 fully saturated rings. The Morgan fingerprint density at radius 1 is 1.23 bits per heavy atom. The minimum absolute atomic E-state index is 0.348. The SMILES string of the molecule is Cc1cccc(N(CC(=O)NN=Cc2cccc(Br)c2)S(C)(=O)=O)c1C. The normalized spacial score (nSPS) is 11.5. The number of hydrazone groups is 1. The Morgan fingerprint density at radius 3 is 2.58 bits per heavy atom. The zero-order chi connectivity index (χ0) is 19.3. The lowest BCUT2D eigenvalue weighted by atomic mass is 10.1. The maximum absolute atomic E-state index is 12.2. The Bertz CT molecular complexity index is 942. The number of nitrogens with one attached hydrogen (secondary N) is 1. The molecule has 1 N–H and O–H groups in total. The minimum Gasteiger partial charge on any atom is -0.271 e. The monoisotopic (exact) mass is 437 g/mol. The van der Waals surface area contributed by atoms with Crippen molar-refractivity contribution in [2.24, 2.45) is 5.10 Å². The summed E-state index contributed by atoms with van der Waals surface area (Å²) >= 11 is 3.35. The molecule has 26 heavy (non-hydrogen) atoms. The van der Waals surface area contributed by atoms with Gasteiger partial charge in [-0.3, -0.25) is 9.10 Å². The van der Waals surface area contributed by atoms with E-state index in [0.29, 0.717) is 5.69 Å². The van der Waals surface area contributed by atoms with Crippen LogP contribution in [0.4, 0.5) is 5.69 Å². The van der Waals surface area contributed by atoms with Crippen molar-refractivity contribution in [1.29, 1.82) is 0 Å². The van der Waals surface area contributed by atoms with Gasteiger partial charge in [0.15, 0.2) is 0 Å². The lowest BCUT2D eigenvalue weighted by molar-refractivity contribution is -0.119. The highest BCUT2D eigenvalue weighted by Gasteiger charge is 2.22. The van der Waals surface area contributed by atoms with Gasteiger partial charge >= 0.3 is 0 Å². The van der Waals surface area contributed by atoms with E-state index in [0.717, 1.165) is 31.7 Å². The quantitative estimate of drug-likeness (QED) is 0.557. The van der Waals surface area contributed by atoms with Gasteiger partial charge in [0.1, 0.15) is 6.54 Å². The van der Waals surface area contributed by atoms with Gasteiger partial charge in [-0.1, -0.05) is 40.2 Å². The van der Waals surface area contributed by atoms with Crippen LogP contribution in [-0.2, 0) is 14.8 Å². The highest BCUT2D eigenvalue weighted by atomic mass is 79.9. The number of aryl methyl sites for hydroxylation is 1. The van der Waals surface area contributed by atoms with E-state index < -0.39 is 15.9 Å². The topological polar surface area (TPSA) is 78.8 Å². The van der Waals surface area contributed by atoms with Gasteiger partial charge in [-0.25, -0.2) is 13.8 Å². The van der Waals surface area contributed by atoms with E-state index in [1.807, 2.05) is 44.2 Å². The third-order valence-electron chi connectivity index (χ3n) is 3.78. The largest absolute Gasteiger partial charge is 0.271 e. The van der Waals surface area contributed by atoms with Crippen LogP contribution in [0.25, 0.3) is 0 Å². The molecule has 0 saturated carbocycles. The van der Waals surface area contributed by atoms with Gasteiger partial charge in [0.2, 0.25) is 10.0 Å². The van der Waals surface area contributed by atoms with Gasteiger partial charge < -0.3 is 0 Å². The fourth-order valence-electron chi connectivity index (χ4n) is 2.32. The van der Waals surface area contributed by atoms with E-state index in [1.165, 1.54) is 6.21 Å². The van der Waals surface area contributed by atoms with Crippen LogP contribution < -0.4 is 9.73 Å². The lowest BCUT2D eigenvalue weighted by Gasteiger charge is -2.23. The van der Waals surface area contributed by atoms with Crippen molar-refractivity contribution in [1.82, 2.24) is 5.43 Å². The van der Waals surface area contributed by atoms with Crippen molar-refractivity contribution in [3.05, 3.63) is 63.6 Å². The van der Waals surface area contributed by atoms with Crippen LogP contribution >= 0.6 is 15.9 Å². The molecule has 0 aromatic heterocycles. The number of halogens is 1. The number of amides is 1. The summed E-state index contributed by atoms with van der Waals surface area (Å²) in [6.45, 7) is 3.37. The predicted octanol–water partition coefficient (Wildman–Crippen LogP) is 2.98. The van der Waals surface area contributed by atoms with Gasteiger partial charge in [0.25, 0.3) is 5.91 Å². The van der Waals surface area contributed by atoms with E-state index >= 15 is 0 Å². The average molecular weight is 438 g/mol. The number of carbonyl (C=O) groups is 1. The lowest BCUT2D eigenvalue weighted by Crippen LogP contribution is -2.39. The first-order valence-corrected chi connectivity index (χ1v) is 10.4. The molecular weight excluding hydrogens is 418 g/mol. The maximum atomic E-state index is 12.2. The van der Waals surface area contributed by atoms with Crippen LogP contribution in [0.5, 0.6) is 0 Å². The molecule has 0 atom stereocenters. The first kappa shape index (κ1) is 20.1. The van der Waals surface area contributed by atoms with Crippen LogP contribution in [0.3, 0.4) is 0 Å². The number of sulfonamides is 1. The first-order valence-electron chi connectivity index (χ1n) is 7.80. The smallest absolute Gasteiger partial charge is 0.260 e. The third kappa shape index (κ3) is 5.40. The van der Waals surface area contributed by atoms with Crippen molar-refractivity contribution in [2.75, 3.05) is 17.1 Å². The predicted molar refractivity (Wildman–Crippen MR) is 108 cm³/mol. The van der Waals surface area contributed by atoms with E-state index in [-0.39, 0.29) is 6.54 Å². The van der Waals surface area contributed by atoms with E-state index in [1.54, 1.807) is 12.1 Å². The number of nitrogens with zero attached hydrogens (tertiary/aromatic N) is 2. The summed E-state index contributed by atoms with van der Waals surface area (Å²) < 4.78 is 26.3.